The van der Waals surface area contributed by atoms with Gasteiger partial charge in [0.25, 0.3) is 0 Å². The standard InChI is InChI=1S/C12H19N3O3S/c1-8(16)9-4-5-15(7-9)12-6-10(19(14,17)18)2-3-11(12)13/h2-3,6,8-9,16H,4-5,7,13H2,1H3,(H2,14,17,18). The minimum Gasteiger partial charge on any atom is -0.397 e. The van der Waals surface area contributed by atoms with Crippen LogP contribution in [0.3, 0.4) is 0 Å². The molecule has 1 aromatic carbocycles. The summed E-state index contributed by atoms with van der Waals surface area (Å²) >= 11 is 0. The Morgan fingerprint density at radius 1 is 1.47 bits per heavy atom. The van der Waals surface area contributed by atoms with Crippen LogP contribution in [0.4, 0.5) is 11.4 Å². The molecular formula is C12H19N3O3S. The van der Waals surface area contributed by atoms with Crippen LogP contribution in [0.2, 0.25) is 0 Å². The molecule has 1 aromatic rings. The van der Waals surface area contributed by atoms with E-state index < -0.39 is 10.0 Å². The number of nitrogens with zero attached hydrogens (tertiary/aromatic N) is 1. The summed E-state index contributed by atoms with van der Waals surface area (Å²) in [6.45, 7) is 3.17. The van der Waals surface area contributed by atoms with Gasteiger partial charge < -0.3 is 15.7 Å². The first-order valence-corrected chi connectivity index (χ1v) is 7.69. The Morgan fingerprint density at radius 2 is 2.16 bits per heavy atom. The number of rotatable bonds is 3. The summed E-state index contributed by atoms with van der Waals surface area (Å²) < 4.78 is 22.7. The van der Waals surface area contributed by atoms with E-state index in [0.717, 1.165) is 13.0 Å². The Morgan fingerprint density at radius 3 is 2.68 bits per heavy atom. The SMILES string of the molecule is CC(O)C1CCN(c2cc(S(N)(=O)=O)ccc2N)C1. The maximum Gasteiger partial charge on any atom is 0.238 e. The molecule has 0 radical (unpaired) electrons. The van der Waals surface area contributed by atoms with Crippen LogP contribution in [-0.4, -0.2) is 32.7 Å². The molecule has 0 spiro atoms. The molecule has 5 N–H and O–H groups in total. The van der Waals surface area contributed by atoms with Crippen molar-refractivity contribution in [1.29, 1.82) is 0 Å². The highest BCUT2D eigenvalue weighted by molar-refractivity contribution is 7.89. The number of sulfonamides is 1. The predicted octanol–water partition coefficient (Wildman–Crippen LogP) is 0.123. The van der Waals surface area contributed by atoms with E-state index in [1.54, 1.807) is 13.0 Å². The Kier molecular flexibility index (Phi) is 3.71. The molecule has 2 unspecified atom stereocenters. The first-order valence-electron chi connectivity index (χ1n) is 6.14. The van der Waals surface area contributed by atoms with Gasteiger partial charge in [0.2, 0.25) is 10.0 Å². The molecule has 1 aliphatic rings. The van der Waals surface area contributed by atoms with Gasteiger partial charge in [-0.3, -0.25) is 0 Å². The number of hydrogen-bond donors (Lipinski definition) is 3. The number of hydrogen-bond acceptors (Lipinski definition) is 5. The third-order valence-corrected chi connectivity index (χ3v) is 4.49. The lowest BCUT2D eigenvalue weighted by molar-refractivity contribution is 0.136. The predicted molar refractivity (Wildman–Crippen MR) is 74.2 cm³/mol. The molecule has 2 atom stereocenters. The quantitative estimate of drug-likeness (QED) is 0.683. The lowest BCUT2D eigenvalue weighted by Crippen LogP contribution is -2.25. The number of aliphatic hydroxyl groups is 1. The van der Waals surface area contributed by atoms with E-state index in [0.29, 0.717) is 17.9 Å². The second kappa shape index (κ2) is 4.99. The highest BCUT2D eigenvalue weighted by Gasteiger charge is 2.27. The number of anilines is 2. The van der Waals surface area contributed by atoms with Crippen molar-refractivity contribution in [3.05, 3.63) is 18.2 Å². The van der Waals surface area contributed by atoms with E-state index in [2.05, 4.69) is 0 Å². The Bertz CT molecular complexity index is 572. The molecular weight excluding hydrogens is 266 g/mol. The van der Waals surface area contributed by atoms with Crippen molar-refractivity contribution in [1.82, 2.24) is 0 Å². The van der Waals surface area contributed by atoms with Crippen LogP contribution in [0.5, 0.6) is 0 Å². The van der Waals surface area contributed by atoms with Gasteiger partial charge >= 0.3 is 0 Å². The number of benzene rings is 1. The molecule has 7 heteroatoms. The molecule has 0 saturated carbocycles. The van der Waals surface area contributed by atoms with Crippen molar-refractivity contribution in [2.75, 3.05) is 23.7 Å². The second-order valence-corrected chi connectivity index (χ2v) is 6.56. The normalized spacial score (nSPS) is 21.6. The average Bonchev–Trinajstić information content (AvgIpc) is 2.77. The van der Waals surface area contributed by atoms with Crippen molar-refractivity contribution in [3.8, 4) is 0 Å². The van der Waals surface area contributed by atoms with Crippen LogP contribution in [0.1, 0.15) is 13.3 Å². The maximum absolute atomic E-state index is 11.4. The number of primary sulfonamides is 1. The highest BCUT2D eigenvalue weighted by Crippen LogP contribution is 2.31. The molecule has 0 bridgehead atoms. The number of nitrogens with two attached hydrogens (primary N) is 2. The van der Waals surface area contributed by atoms with Crippen molar-refractivity contribution in [3.63, 3.8) is 0 Å². The monoisotopic (exact) mass is 285 g/mol. The van der Waals surface area contributed by atoms with Crippen LogP contribution in [0.25, 0.3) is 0 Å². The zero-order valence-corrected chi connectivity index (χ0v) is 11.6. The second-order valence-electron chi connectivity index (χ2n) is 5.00. The van der Waals surface area contributed by atoms with Gasteiger partial charge in [0.15, 0.2) is 0 Å². The molecule has 19 heavy (non-hydrogen) atoms. The van der Waals surface area contributed by atoms with Gasteiger partial charge in [-0.25, -0.2) is 13.6 Å². The largest absolute Gasteiger partial charge is 0.397 e. The lowest BCUT2D eigenvalue weighted by Gasteiger charge is -2.22. The Balaban J connectivity index is 2.30. The third kappa shape index (κ3) is 2.99. The zero-order valence-electron chi connectivity index (χ0n) is 10.8. The van der Waals surface area contributed by atoms with Crippen molar-refractivity contribution >= 4 is 21.4 Å². The first-order chi connectivity index (χ1) is 8.79. The molecule has 1 saturated heterocycles. The summed E-state index contributed by atoms with van der Waals surface area (Å²) in [5, 5.41) is 14.7. The molecule has 0 aromatic heterocycles. The van der Waals surface area contributed by atoms with Crippen LogP contribution < -0.4 is 15.8 Å². The number of aliphatic hydroxyl groups excluding tert-OH is 1. The van der Waals surface area contributed by atoms with Crippen LogP contribution in [0, 0.1) is 5.92 Å². The molecule has 2 rings (SSSR count). The molecule has 6 nitrogen and oxygen atoms in total. The minimum absolute atomic E-state index is 0.0530. The van der Waals surface area contributed by atoms with E-state index in [1.165, 1.54) is 12.1 Å². The van der Waals surface area contributed by atoms with Gasteiger partial charge in [0.05, 0.1) is 22.4 Å². The number of nitrogen functional groups attached to an aromatic ring is 1. The average molecular weight is 285 g/mol. The van der Waals surface area contributed by atoms with Crippen LogP contribution in [0.15, 0.2) is 23.1 Å². The molecule has 0 amide bonds. The lowest BCUT2D eigenvalue weighted by atomic mass is 10.0. The highest BCUT2D eigenvalue weighted by atomic mass is 32.2. The molecule has 1 aliphatic heterocycles. The third-order valence-electron chi connectivity index (χ3n) is 3.58. The van der Waals surface area contributed by atoms with Crippen molar-refractivity contribution in [2.45, 2.75) is 24.3 Å². The Hall–Kier alpha value is -1.31. The smallest absolute Gasteiger partial charge is 0.238 e. The van der Waals surface area contributed by atoms with Crippen molar-refractivity contribution in [2.24, 2.45) is 11.1 Å². The van der Waals surface area contributed by atoms with E-state index in [1.807, 2.05) is 4.90 Å². The summed E-state index contributed by atoms with van der Waals surface area (Å²) in [6, 6.07) is 4.44. The van der Waals surface area contributed by atoms with Gasteiger partial charge in [-0.05, 0) is 31.5 Å². The van der Waals surface area contributed by atoms with E-state index in [9.17, 15) is 13.5 Å². The van der Waals surface area contributed by atoms with Gasteiger partial charge in [-0.15, -0.1) is 0 Å². The molecule has 1 heterocycles. The summed E-state index contributed by atoms with van der Waals surface area (Å²) in [4.78, 5) is 2.04. The molecule has 106 valence electrons. The van der Waals surface area contributed by atoms with E-state index >= 15 is 0 Å². The van der Waals surface area contributed by atoms with E-state index in [4.69, 9.17) is 10.9 Å². The minimum atomic E-state index is -3.73. The molecule has 1 fully saturated rings. The fourth-order valence-electron chi connectivity index (χ4n) is 2.37. The first kappa shape index (κ1) is 14.1. The van der Waals surface area contributed by atoms with Crippen LogP contribution >= 0.6 is 0 Å². The topological polar surface area (TPSA) is 110 Å². The van der Waals surface area contributed by atoms with Crippen LogP contribution in [-0.2, 0) is 10.0 Å². The summed E-state index contributed by atoms with van der Waals surface area (Å²) in [6.07, 6.45) is 0.476. The zero-order chi connectivity index (χ0) is 14.2. The van der Waals surface area contributed by atoms with Gasteiger partial charge in [0.1, 0.15) is 0 Å². The molecule has 0 aliphatic carbocycles. The summed E-state index contributed by atoms with van der Waals surface area (Å²) in [5.74, 6) is 0.178. The maximum atomic E-state index is 11.4. The van der Waals surface area contributed by atoms with Gasteiger partial charge in [-0.1, -0.05) is 0 Å². The van der Waals surface area contributed by atoms with Gasteiger partial charge in [0, 0.05) is 19.0 Å². The fourth-order valence-corrected chi connectivity index (χ4v) is 2.91. The Labute approximate surface area is 113 Å². The summed E-state index contributed by atoms with van der Waals surface area (Å²) in [5.41, 5.74) is 7.07. The van der Waals surface area contributed by atoms with Crippen molar-refractivity contribution < 1.29 is 13.5 Å². The van der Waals surface area contributed by atoms with Gasteiger partial charge in [-0.2, -0.15) is 0 Å². The summed E-state index contributed by atoms with van der Waals surface area (Å²) in [7, 11) is -3.73. The van der Waals surface area contributed by atoms with E-state index in [-0.39, 0.29) is 16.9 Å². The fraction of sp³-hybridized carbons (Fsp3) is 0.500.